The van der Waals surface area contributed by atoms with Gasteiger partial charge in [0, 0.05) is 11.6 Å². The Morgan fingerprint density at radius 1 is 1.11 bits per heavy atom. The number of halogens is 7. The van der Waals surface area contributed by atoms with Gasteiger partial charge in [0.2, 0.25) is 0 Å². The molecule has 0 spiro atoms. The number of nitrogens with two attached hydrogens (primary N) is 1. The van der Waals surface area contributed by atoms with E-state index in [1.807, 2.05) is 0 Å². The first kappa shape index (κ1) is 16.9. The van der Waals surface area contributed by atoms with Crippen LogP contribution in [0.2, 0.25) is 0 Å². The molecule has 104 valence electrons. The Labute approximate surface area is 104 Å². The van der Waals surface area contributed by atoms with Gasteiger partial charge in [0.05, 0.1) is 0 Å². The van der Waals surface area contributed by atoms with E-state index in [1.165, 1.54) is 0 Å². The van der Waals surface area contributed by atoms with Crippen molar-refractivity contribution in [1.29, 1.82) is 0 Å². The van der Waals surface area contributed by atoms with Crippen molar-refractivity contribution in [2.24, 2.45) is 5.73 Å². The Kier molecular flexibility index (Phi) is 4.90. The van der Waals surface area contributed by atoms with Crippen molar-refractivity contribution in [2.45, 2.75) is 18.1 Å². The zero-order valence-corrected chi connectivity index (χ0v) is 9.33. The van der Waals surface area contributed by atoms with Gasteiger partial charge in [-0.15, -0.1) is 12.4 Å². The SMILES string of the molecule is Cl.N[C@H](c1ccc(O)cc1F)C(F)(F)C(F)(F)F. The third-order valence-electron chi connectivity index (χ3n) is 2.09. The summed E-state index contributed by atoms with van der Waals surface area (Å²) in [6.45, 7) is 0. The molecule has 1 atom stereocenters. The van der Waals surface area contributed by atoms with Gasteiger partial charge in [-0.3, -0.25) is 0 Å². The standard InChI is InChI=1S/C9H7F6NO.ClH/c10-6-3-4(17)1-2-5(6)7(16)8(11,12)9(13,14)15;/h1-3,7,17H,16H2;1H/t7-;/m1./s1. The van der Waals surface area contributed by atoms with Crippen LogP contribution in [0.1, 0.15) is 11.6 Å². The number of hydrogen-bond acceptors (Lipinski definition) is 2. The normalized spacial score (nSPS) is 13.9. The van der Waals surface area contributed by atoms with Crippen LogP contribution in [0.5, 0.6) is 5.75 Å². The Bertz CT molecular complexity index is 422. The Hall–Kier alpha value is -1.15. The fourth-order valence-electron chi connectivity index (χ4n) is 1.14. The van der Waals surface area contributed by atoms with Gasteiger partial charge in [-0.2, -0.15) is 22.0 Å². The maximum atomic E-state index is 13.1. The molecule has 1 rings (SSSR count). The molecule has 1 aromatic rings. The Morgan fingerprint density at radius 3 is 2.00 bits per heavy atom. The van der Waals surface area contributed by atoms with Crippen LogP contribution in [0.3, 0.4) is 0 Å². The first-order chi connectivity index (χ1) is 7.57. The minimum Gasteiger partial charge on any atom is -0.508 e. The molecule has 0 saturated heterocycles. The first-order valence-corrected chi connectivity index (χ1v) is 4.26. The van der Waals surface area contributed by atoms with Gasteiger partial charge >= 0.3 is 12.1 Å². The first-order valence-electron chi connectivity index (χ1n) is 4.26. The predicted molar refractivity (Wildman–Crippen MR) is 53.2 cm³/mol. The third kappa shape index (κ3) is 2.99. The van der Waals surface area contributed by atoms with E-state index in [0.717, 1.165) is 6.07 Å². The minimum absolute atomic E-state index is 0. The van der Waals surface area contributed by atoms with Crippen molar-refractivity contribution in [3.8, 4) is 5.75 Å². The van der Waals surface area contributed by atoms with Gasteiger partial charge in [-0.25, -0.2) is 4.39 Å². The van der Waals surface area contributed by atoms with Gasteiger partial charge in [0.15, 0.2) is 0 Å². The van der Waals surface area contributed by atoms with Crippen LogP contribution >= 0.6 is 12.4 Å². The molecule has 0 aliphatic rings. The number of phenols is 1. The third-order valence-corrected chi connectivity index (χ3v) is 2.09. The molecule has 0 unspecified atom stereocenters. The predicted octanol–water partition coefficient (Wildman–Crippen LogP) is 3.15. The van der Waals surface area contributed by atoms with E-state index >= 15 is 0 Å². The second-order valence-corrected chi connectivity index (χ2v) is 3.30. The summed E-state index contributed by atoms with van der Waals surface area (Å²) in [6, 6.07) is -1.12. The highest BCUT2D eigenvalue weighted by molar-refractivity contribution is 5.85. The molecule has 0 aromatic heterocycles. The molecule has 1 aromatic carbocycles. The molecule has 0 aliphatic heterocycles. The summed E-state index contributed by atoms with van der Waals surface area (Å²) in [5.74, 6) is -7.29. The van der Waals surface area contributed by atoms with E-state index in [2.05, 4.69) is 0 Å². The molecule has 0 radical (unpaired) electrons. The van der Waals surface area contributed by atoms with Gasteiger partial charge < -0.3 is 10.8 Å². The van der Waals surface area contributed by atoms with Crippen molar-refractivity contribution >= 4 is 12.4 Å². The largest absolute Gasteiger partial charge is 0.508 e. The van der Waals surface area contributed by atoms with E-state index in [0.29, 0.717) is 12.1 Å². The molecule has 2 nitrogen and oxygen atoms in total. The molecule has 9 heteroatoms. The van der Waals surface area contributed by atoms with Crippen LogP contribution in [-0.2, 0) is 0 Å². The maximum Gasteiger partial charge on any atom is 0.455 e. The fraction of sp³-hybridized carbons (Fsp3) is 0.333. The summed E-state index contributed by atoms with van der Waals surface area (Å²) in [6.07, 6.45) is -5.88. The van der Waals surface area contributed by atoms with Crippen LogP contribution in [0, 0.1) is 5.82 Å². The summed E-state index contributed by atoms with van der Waals surface area (Å²) in [5.41, 5.74) is 3.70. The smallest absolute Gasteiger partial charge is 0.455 e. The Balaban J connectivity index is 0.00000289. The highest BCUT2D eigenvalue weighted by Gasteiger charge is 2.62. The molecule has 18 heavy (non-hydrogen) atoms. The number of alkyl halides is 5. The van der Waals surface area contributed by atoms with Crippen molar-refractivity contribution in [2.75, 3.05) is 0 Å². The highest BCUT2D eigenvalue weighted by Crippen LogP contribution is 2.43. The van der Waals surface area contributed by atoms with Crippen LogP contribution in [0.25, 0.3) is 0 Å². The lowest BCUT2D eigenvalue weighted by Gasteiger charge is -2.26. The maximum absolute atomic E-state index is 13.1. The zero-order chi connectivity index (χ0) is 13.4. The average Bonchev–Trinajstić information content (AvgIpc) is 2.14. The van der Waals surface area contributed by atoms with E-state index in [1.54, 1.807) is 0 Å². The van der Waals surface area contributed by atoms with Crippen LogP contribution in [0.15, 0.2) is 18.2 Å². The number of hydrogen-bond donors (Lipinski definition) is 2. The molecule has 3 N–H and O–H groups in total. The van der Waals surface area contributed by atoms with E-state index < -0.39 is 35.3 Å². The summed E-state index contributed by atoms with van der Waals surface area (Å²) >= 11 is 0. The Morgan fingerprint density at radius 2 is 1.61 bits per heavy atom. The lowest BCUT2D eigenvalue weighted by molar-refractivity contribution is -0.291. The van der Waals surface area contributed by atoms with Gasteiger partial charge in [-0.1, -0.05) is 6.07 Å². The summed E-state index contributed by atoms with van der Waals surface area (Å²) in [5, 5.41) is 8.79. The lowest BCUT2D eigenvalue weighted by Crippen LogP contribution is -2.46. The average molecular weight is 296 g/mol. The summed E-state index contributed by atoms with van der Waals surface area (Å²) in [4.78, 5) is 0. The molecule has 0 aliphatic carbocycles. The van der Waals surface area contributed by atoms with Gasteiger partial charge in [-0.05, 0) is 6.07 Å². The monoisotopic (exact) mass is 295 g/mol. The van der Waals surface area contributed by atoms with Crippen molar-refractivity contribution in [3.63, 3.8) is 0 Å². The number of benzene rings is 1. The molecular formula is C9H8ClF6NO. The molecule has 0 bridgehead atoms. The van der Waals surface area contributed by atoms with Crippen molar-refractivity contribution < 1.29 is 31.4 Å². The highest BCUT2D eigenvalue weighted by atomic mass is 35.5. The molecule has 0 fully saturated rings. The van der Waals surface area contributed by atoms with E-state index in [4.69, 9.17) is 10.8 Å². The van der Waals surface area contributed by atoms with Crippen LogP contribution in [-0.4, -0.2) is 17.2 Å². The summed E-state index contributed by atoms with van der Waals surface area (Å²) < 4.78 is 74.6. The quantitative estimate of drug-likeness (QED) is 0.823. The minimum atomic E-state index is -5.88. The fourth-order valence-corrected chi connectivity index (χ4v) is 1.14. The molecule has 0 amide bonds. The van der Waals surface area contributed by atoms with E-state index in [9.17, 15) is 26.3 Å². The molecule has 0 heterocycles. The second kappa shape index (κ2) is 5.23. The van der Waals surface area contributed by atoms with Crippen LogP contribution in [0.4, 0.5) is 26.3 Å². The zero-order valence-electron chi connectivity index (χ0n) is 8.51. The van der Waals surface area contributed by atoms with Crippen molar-refractivity contribution in [3.05, 3.63) is 29.6 Å². The van der Waals surface area contributed by atoms with Gasteiger partial charge in [0.1, 0.15) is 17.6 Å². The topological polar surface area (TPSA) is 46.2 Å². The summed E-state index contributed by atoms with van der Waals surface area (Å²) in [7, 11) is 0. The van der Waals surface area contributed by atoms with E-state index in [-0.39, 0.29) is 12.4 Å². The molecule has 0 saturated carbocycles. The van der Waals surface area contributed by atoms with Crippen LogP contribution < -0.4 is 5.73 Å². The molecular weight excluding hydrogens is 288 g/mol. The van der Waals surface area contributed by atoms with Crippen molar-refractivity contribution in [1.82, 2.24) is 0 Å². The second-order valence-electron chi connectivity index (χ2n) is 3.30. The number of rotatable bonds is 2. The lowest BCUT2D eigenvalue weighted by atomic mass is 10.0. The number of aromatic hydroxyl groups is 1. The number of phenolic OH excluding ortho intramolecular Hbond substituents is 1. The van der Waals surface area contributed by atoms with Gasteiger partial charge in [0.25, 0.3) is 0 Å².